The predicted molar refractivity (Wildman–Crippen MR) is 138 cm³/mol. The van der Waals surface area contributed by atoms with Crippen LogP contribution in [0, 0.1) is 13.8 Å². The van der Waals surface area contributed by atoms with Crippen molar-refractivity contribution < 1.29 is 4.79 Å². The predicted octanol–water partition coefficient (Wildman–Crippen LogP) is 5.70. The molecule has 0 bridgehead atoms. The number of alkyl halides is 1. The van der Waals surface area contributed by atoms with Crippen molar-refractivity contribution in [2.75, 3.05) is 5.01 Å². The lowest BCUT2D eigenvalue weighted by molar-refractivity contribution is -0.126. The number of aromatic amines is 1. The molecule has 2 unspecified atom stereocenters. The van der Waals surface area contributed by atoms with Gasteiger partial charge in [0.2, 0.25) is 0 Å². The van der Waals surface area contributed by atoms with Crippen LogP contribution in [0.25, 0.3) is 32.4 Å². The van der Waals surface area contributed by atoms with E-state index in [1.54, 1.807) is 0 Å². The van der Waals surface area contributed by atoms with Crippen molar-refractivity contribution in [2.24, 2.45) is 0 Å². The maximum absolute atomic E-state index is 13.5. The van der Waals surface area contributed by atoms with Crippen LogP contribution in [0.1, 0.15) is 22.0 Å². The molecule has 0 aliphatic carbocycles. The normalized spacial score (nSPS) is 18.1. The van der Waals surface area contributed by atoms with Gasteiger partial charge in [0.05, 0.1) is 11.1 Å². The number of aryl methyl sites for hydroxylation is 2. The maximum atomic E-state index is 13.5. The molecule has 1 aliphatic rings. The second kappa shape index (κ2) is 7.70. The first-order chi connectivity index (χ1) is 16.4. The standard InChI is InChI=1S/C25H18Cl2N4O2S/c1-12-13(2)34-23-18(12)24(32)30(11-28-23)31-22(20(27)25(31)33)19-16-10-15(26)8-9-17(16)29-21(19)14-6-4-3-5-7-14/h3-11,20,22,29H,1-2H3. The number of thiophene rings is 1. The molecule has 1 N–H and O–H groups in total. The summed E-state index contributed by atoms with van der Waals surface area (Å²) >= 11 is 14.5. The fraction of sp³-hybridized carbons (Fsp3) is 0.160. The molecule has 0 radical (unpaired) electrons. The number of nitrogens with one attached hydrogen (secondary N) is 1. The summed E-state index contributed by atoms with van der Waals surface area (Å²) in [5.41, 5.74) is 4.05. The Morgan fingerprint density at radius 3 is 2.62 bits per heavy atom. The van der Waals surface area contributed by atoms with Crippen molar-refractivity contribution in [3.8, 4) is 11.3 Å². The second-order valence-corrected chi connectivity index (χ2v) is 10.5. The fourth-order valence-electron chi connectivity index (χ4n) is 4.65. The first kappa shape index (κ1) is 21.4. The topological polar surface area (TPSA) is 71.0 Å². The van der Waals surface area contributed by atoms with Crippen molar-refractivity contribution >= 4 is 61.6 Å². The quantitative estimate of drug-likeness (QED) is 0.251. The monoisotopic (exact) mass is 508 g/mol. The number of halogens is 2. The first-order valence-electron chi connectivity index (χ1n) is 10.7. The molecule has 1 aliphatic heterocycles. The van der Waals surface area contributed by atoms with E-state index in [1.165, 1.54) is 27.3 Å². The largest absolute Gasteiger partial charge is 0.354 e. The van der Waals surface area contributed by atoms with Crippen LogP contribution < -0.4 is 10.6 Å². The number of fused-ring (bicyclic) bond motifs is 2. The Kier molecular flexibility index (Phi) is 4.85. The van der Waals surface area contributed by atoms with Gasteiger partial charge in [0, 0.05) is 26.4 Å². The summed E-state index contributed by atoms with van der Waals surface area (Å²) < 4.78 is 1.30. The molecule has 2 aromatic carbocycles. The van der Waals surface area contributed by atoms with Gasteiger partial charge in [-0.2, -0.15) is 0 Å². The average Bonchev–Trinajstić information content (AvgIpc) is 3.35. The van der Waals surface area contributed by atoms with Gasteiger partial charge in [-0.15, -0.1) is 22.9 Å². The van der Waals surface area contributed by atoms with Gasteiger partial charge >= 0.3 is 0 Å². The minimum Gasteiger partial charge on any atom is -0.354 e. The lowest BCUT2D eigenvalue weighted by Crippen LogP contribution is -2.64. The summed E-state index contributed by atoms with van der Waals surface area (Å²) in [5.74, 6) is -0.352. The van der Waals surface area contributed by atoms with Gasteiger partial charge in [-0.25, -0.2) is 14.7 Å². The lowest BCUT2D eigenvalue weighted by Gasteiger charge is -2.44. The summed E-state index contributed by atoms with van der Waals surface area (Å²) in [6.45, 7) is 3.86. The Bertz CT molecular complexity index is 1670. The Labute approximate surface area is 208 Å². The number of nitrogens with zero attached hydrogens (tertiary/aromatic N) is 3. The molecule has 34 heavy (non-hydrogen) atoms. The van der Waals surface area contributed by atoms with E-state index in [1.807, 2.05) is 62.4 Å². The minimum absolute atomic E-state index is 0.284. The summed E-state index contributed by atoms with van der Waals surface area (Å²) in [6, 6.07) is 14.8. The molecule has 1 saturated heterocycles. The molecule has 1 amide bonds. The number of hydrogen-bond donors (Lipinski definition) is 1. The van der Waals surface area contributed by atoms with Crippen LogP contribution in [-0.2, 0) is 4.79 Å². The number of H-pyrrole nitrogens is 1. The van der Waals surface area contributed by atoms with Crippen molar-refractivity contribution in [1.29, 1.82) is 0 Å². The number of carbonyl (C=O) groups is 1. The number of rotatable bonds is 3. The van der Waals surface area contributed by atoms with E-state index in [0.717, 1.165) is 38.2 Å². The summed E-state index contributed by atoms with van der Waals surface area (Å²) in [4.78, 5) is 36.2. The highest BCUT2D eigenvalue weighted by Gasteiger charge is 2.51. The van der Waals surface area contributed by atoms with Gasteiger partial charge in [-0.05, 0) is 43.2 Å². The molecule has 0 spiro atoms. The third-order valence-corrected chi connectivity index (χ3v) is 8.24. The van der Waals surface area contributed by atoms with Gasteiger partial charge in [-0.1, -0.05) is 41.9 Å². The van der Waals surface area contributed by atoms with E-state index in [4.69, 9.17) is 23.2 Å². The molecule has 2 atom stereocenters. The van der Waals surface area contributed by atoms with Gasteiger partial charge in [0.25, 0.3) is 11.5 Å². The molecule has 170 valence electrons. The molecular weight excluding hydrogens is 491 g/mol. The number of aromatic nitrogens is 3. The molecule has 0 saturated carbocycles. The van der Waals surface area contributed by atoms with Gasteiger partial charge in [0.15, 0.2) is 0 Å². The molecule has 1 fully saturated rings. The third kappa shape index (κ3) is 2.97. The molecule has 3 aromatic heterocycles. The maximum Gasteiger partial charge on any atom is 0.281 e. The summed E-state index contributed by atoms with van der Waals surface area (Å²) in [5, 5.41) is 2.52. The van der Waals surface area contributed by atoms with E-state index >= 15 is 0 Å². The zero-order valence-electron chi connectivity index (χ0n) is 18.2. The van der Waals surface area contributed by atoms with Gasteiger partial charge in [0.1, 0.15) is 22.6 Å². The van der Waals surface area contributed by atoms with Gasteiger partial charge < -0.3 is 4.98 Å². The Morgan fingerprint density at radius 1 is 1.09 bits per heavy atom. The summed E-state index contributed by atoms with van der Waals surface area (Å²) in [7, 11) is 0. The van der Waals surface area contributed by atoms with Crippen LogP contribution in [-0.4, -0.2) is 25.9 Å². The number of hydrogen-bond acceptors (Lipinski definition) is 4. The highest BCUT2D eigenvalue weighted by Crippen LogP contribution is 2.45. The van der Waals surface area contributed by atoms with Crippen molar-refractivity contribution in [2.45, 2.75) is 25.3 Å². The number of benzene rings is 2. The highest BCUT2D eigenvalue weighted by atomic mass is 35.5. The molecule has 4 heterocycles. The van der Waals surface area contributed by atoms with E-state index in [2.05, 4.69) is 9.97 Å². The fourth-order valence-corrected chi connectivity index (χ4v) is 6.15. The number of β-lactam (4-membered cyclic amide) rings is 1. The highest BCUT2D eigenvalue weighted by molar-refractivity contribution is 7.18. The minimum atomic E-state index is -0.839. The smallest absolute Gasteiger partial charge is 0.281 e. The van der Waals surface area contributed by atoms with Crippen molar-refractivity contribution in [1.82, 2.24) is 14.6 Å². The van der Waals surface area contributed by atoms with Crippen LogP contribution in [0.15, 0.2) is 59.7 Å². The van der Waals surface area contributed by atoms with Crippen molar-refractivity contribution in [3.63, 3.8) is 0 Å². The van der Waals surface area contributed by atoms with E-state index < -0.39 is 11.4 Å². The number of amides is 1. The van der Waals surface area contributed by atoms with E-state index in [0.29, 0.717) is 15.2 Å². The Balaban J connectivity index is 1.60. The lowest BCUT2D eigenvalue weighted by atomic mass is 9.90. The van der Waals surface area contributed by atoms with Crippen LogP contribution in [0.4, 0.5) is 0 Å². The molecule has 5 aromatic rings. The zero-order valence-corrected chi connectivity index (χ0v) is 20.5. The molecular formula is C25H18Cl2N4O2S. The van der Waals surface area contributed by atoms with Crippen LogP contribution in [0.5, 0.6) is 0 Å². The average molecular weight is 509 g/mol. The van der Waals surface area contributed by atoms with E-state index in [-0.39, 0.29) is 11.5 Å². The second-order valence-electron chi connectivity index (χ2n) is 8.36. The van der Waals surface area contributed by atoms with Crippen LogP contribution in [0.3, 0.4) is 0 Å². The van der Waals surface area contributed by atoms with Gasteiger partial charge in [-0.3, -0.25) is 9.59 Å². The zero-order chi connectivity index (χ0) is 23.7. The number of carbonyl (C=O) groups excluding carboxylic acids is 1. The SMILES string of the molecule is Cc1sc2ncn(N3C(=O)C(Cl)C3c3c(-c4ccccc4)[nH]c4ccc(Cl)cc34)c(=O)c2c1C. The van der Waals surface area contributed by atoms with Crippen LogP contribution in [0.2, 0.25) is 5.02 Å². The molecule has 9 heteroatoms. The Morgan fingerprint density at radius 2 is 1.85 bits per heavy atom. The summed E-state index contributed by atoms with van der Waals surface area (Å²) in [6.07, 6.45) is 1.41. The third-order valence-electron chi connectivity index (χ3n) is 6.47. The van der Waals surface area contributed by atoms with Crippen LogP contribution >= 0.6 is 34.5 Å². The molecule has 6 rings (SSSR count). The van der Waals surface area contributed by atoms with Crippen molar-refractivity contribution in [3.05, 3.63) is 86.2 Å². The first-order valence-corrected chi connectivity index (χ1v) is 12.3. The molecule has 6 nitrogen and oxygen atoms in total. The Hall–Kier alpha value is -3.13. The van der Waals surface area contributed by atoms with E-state index in [9.17, 15) is 9.59 Å².